The Morgan fingerprint density at radius 1 is 1.20 bits per heavy atom. The van der Waals surface area contributed by atoms with Crippen LogP contribution in [0.4, 0.5) is 10.1 Å². The molecule has 2 rings (SSSR count). The predicted molar refractivity (Wildman–Crippen MR) is 78.7 cm³/mol. The zero-order valence-corrected chi connectivity index (χ0v) is 11.8. The number of halogens is 3. The van der Waals surface area contributed by atoms with Gasteiger partial charge in [0.2, 0.25) is 5.91 Å². The zero-order valence-electron chi connectivity index (χ0n) is 10.3. The molecule has 0 aliphatic heterocycles. The molecule has 0 heterocycles. The van der Waals surface area contributed by atoms with E-state index in [0.29, 0.717) is 17.8 Å². The third kappa shape index (κ3) is 3.40. The summed E-state index contributed by atoms with van der Waals surface area (Å²) in [6.07, 6.45) is 0. The molecule has 6 heteroatoms. The lowest BCUT2D eigenvalue weighted by Crippen LogP contribution is -2.11. The number of anilines is 1. The van der Waals surface area contributed by atoms with Crippen LogP contribution in [0.25, 0.3) is 0 Å². The summed E-state index contributed by atoms with van der Waals surface area (Å²) in [6.45, 7) is 0.430. The molecule has 0 saturated carbocycles. The van der Waals surface area contributed by atoms with Crippen LogP contribution in [-0.4, -0.2) is 5.91 Å². The van der Waals surface area contributed by atoms with Gasteiger partial charge in [-0.25, -0.2) is 4.39 Å². The second-order valence-corrected chi connectivity index (χ2v) is 4.99. The van der Waals surface area contributed by atoms with E-state index in [-0.39, 0.29) is 10.0 Å². The molecule has 0 bridgehead atoms. The van der Waals surface area contributed by atoms with Crippen LogP contribution in [0.1, 0.15) is 15.9 Å². The van der Waals surface area contributed by atoms with Crippen LogP contribution in [-0.2, 0) is 6.54 Å². The van der Waals surface area contributed by atoms with Crippen molar-refractivity contribution in [3.05, 3.63) is 63.4 Å². The monoisotopic (exact) mass is 312 g/mol. The maximum absolute atomic E-state index is 13.3. The fraction of sp³-hybridized carbons (Fsp3) is 0.0714. The molecular weight excluding hydrogens is 302 g/mol. The van der Waals surface area contributed by atoms with Gasteiger partial charge < -0.3 is 11.1 Å². The Hall–Kier alpha value is -1.78. The van der Waals surface area contributed by atoms with E-state index in [1.165, 1.54) is 12.1 Å². The lowest BCUT2D eigenvalue weighted by atomic mass is 10.1. The van der Waals surface area contributed by atoms with Crippen molar-refractivity contribution in [2.24, 2.45) is 5.73 Å². The lowest BCUT2D eigenvalue weighted by molar-refractivity contribution is 0.1000. The van der Waals surface area contributed by atoms with E-state index in [2.05, 4.69) is 5.32 Å². The summed E-state index contributed by atoms with van der Waals surface area (Å²) < 4.78 is 13.3. The Morgan fingerprint density at radius 3 is 2.45 bits per heavy atom. The van der Waals surface area contributed by atoms with Gasteiger partial charge in [0.25, 0.3) is 0 Å². The van der Waals surface area contributed by atoms with Crippen molar-refractivity contribution < 1.29 is 9.18 Å². The second kappa shape index (κ2) is 6.11. The highest BCUT2D eigenvalue weighted by atomic mass is 35.5. The Bertz CT molecular complexity index is 638. The molecule has 0 aliphatic rings. The van der Waals surface area contributed by atoms with Crippen LogP contribution >= 0.6 is 23.2 Å². The van der Waals surface area contributed by atoms with Gasteiger partial charge in [-0.1, -0.05) is 35.3 Å². The fourth-order valence-corrected chi connectivity index (χ4v) is 2.18. The Balaban J connectivity index is 2.13. The van der Waals surface area contributed by atoms with Gasteiger partial charge in [-0.15, -0.1) is 0 Å². The van der Waals surface area contributed by atoms with Crippen LogP contribution in [0.3, 0.4) is 0 Å². The molecule has 0 atom stereocenters. The predicted octanol–water partition coefficient (Wildman–Crippen LogP) is 3.84. The van der Waals surface area contributed by atoms with E-state index in [9.17, 15) is 9.18 Å². The van der Waals surface area contributed by atoms with Crippen molar-refractivity contribution in [1.82, 2.24) is 0 Å². The van der Waals surface area contributed by atoms with Crippen molar-refractivity contribution >= 4 is 34.8 Å². The largest absolute Gasteiger partial charge is 0.381 e. The molecule has 0 aromatic heterocycles. The SMILES string of the molecule is NC(=O)c1cccc(CNc2cc(Cl)c(F)c(Cl)c2)c1. The van der Waals surface area contributed by atoms with Crippen molar-refractivity contribution in [1.29, 1.82) is 0 Å². The number of carbonyl (C=O) groups is 1. The van der Waals surface area contributed by atoms with Crippen molar-refractivity contribution in [2.45, 2.75) is 6.54 Å². The number of nitrogens with one attached hydrogen (secondary N) is 1. The minimum atomic E-state index is -0.644. The first kappa shape index (κ1) is 14.6. The average Bonchev–Trinajstić information content (AvgIpc) is 2.42. The maximum atomic E-state index is 13.3. The van der Waals surface area contributed by atoms with E-state index in [4.69, 9.17) is 28.9 Å². The number of hydrogen-bond donors (Lipinski definition) is 2. The number of carbonyl (C=O) groups excluding carboxylic acids is 1. The summed E-state index contributed by atoms with van der Waals surface area (Å²) in [7, 11) is 0. The third-order valence-electron chi connectivity index (χ3n) is 2.69. The van der Waals surface area contributed by atoms with E-state index < -0.39 is 11.7 Å². The van der Waals surface area contributed by atoms with Gasteiger partial charge in [-0.05, 0) is 29.8 Å². The van der Waals surface area contributed by atoms with Crippen LogP contribution in [0.15, 0.2) is 36.4 Å². The molecule has 0 spiro atoms. The Kier molecular flexibility index (Phi) is 4.47. The smallest absolute Gasteiger partial charge is 0.248 e. The number of benzene rings is 2. The number of amides is 1. The Morgan fingerprint density at radius 2 is 1.85 bits per heavy atom. The van der Waals surface area contributed by atoms with Crippen LogP contribution in [0.2, 0.25) is 10.0 Å². The Labute approximate surface area is 125 Å². The molecule has 20 heavy (non-hydrogen) atoms. The number of nitrogens with two attached hydrogens (primary N) is 1. The van der Waals surface area contributed by atoms with Crippen molar-refractivity contribution in [2.75, 3.05) is 5.32 Å². The van der Waals surface area contributed by atoms with Crippen molar-refractivity contribution in [3.63, 3.8) is 0 Å². The van der Waals surface area contributed by atoms with Gasteiger partial charge >= 0.3 is 0 Å². The highest BCUT2D eigenvalue weighted by molar-refractivity contribution is 6.35. The summed E-state index contributed by atoms with van der Waals surface area (Å²) >= 11 is 11.4. The summed E-state index contributed by atoms with van der Waals surface area (Å²) in [6, 6.07) is 9.79. The molecule has 0 unspecified atom stereocenters. The molecule has 1 amide bonds. The molecule has 0 saturated heterocycles. The third-order valence-corrected chi connectivity index (χ3v) is 3.24. The minimum Gasteiger partial charge on any atom is -0.381 e. The second-order valence-electron chi connectivity index (χ2n) is 4.17. The summed E-state index contributed by atoms with van der Waals surface area (Å²) in [5.41, 5.74) is 7.09. The first-order valence-electron chi connectivity index (χ1n) is 5.74. The molecule has 3 nitrogen and oxygen atoms in total. The van der Waals surface area contributed by atoms with E-state index in [1.54, 1.807) is 18.2 Å². The molecule has 0 radical (unpaired) electrons. The van der Waals surface area contributed by atoms with Crippen molar-refractivity contribution in [3.8, 4) is 0 Å². The van der Waals surface area contributed by atoms with Gasteiger partial charge in [-0.2, -0.15) is 0 Å². The first-order chi connectivity index (χ1) is 9.47. The minimum absolute atomic E-state index is 0.0501. The average molecular weight is 313 g/mol. The van der Waals surface area contributed by atoms with Gasteiger partial charge in [0.1, 0.15) is 0 Å². The molecule has 0 aliphatic carbocycles. The molecule has 0 fully saturated rings. The molecule has 2 aromatic carbocycles. The highest BCUT2D eigenvalue weighted by Crippen LogP contribution is 2.27. The summed E-state index contributed by atoms with van der Waals surface area (Å²) in [5.74, 6) is -1.13. The zero-order chi connectivity index (χ0) is 14.7. The topological polar surface area (TPSA) is 55.1 Å². The molecule has 3 N–H and O–H groups in total. The van der Waals surface area contributed by atoms with Gasteiger partial charge in [0.15, 0.2) is 5.82 Å². The quantitative estimate of drug-likeness (QED) is 0.843. The number of hydrogen-bond acceptors (Lipinski definition) is 2. The molecular formula is C14H11Cl2FN2O. The van der Waals surface area contributed by atoms with Crippen LogP contribution in [0.5, 0.6) is 0 Å². The standard InChI is InChI=1S/C14H11Cl2FN2O/c15-11-5-10(6-12(16)13(11)17)19-7-8-2-1-3-9(4-8)14(18)20/h1-6,19H,7H2,(H2,18,20). The fourth-order valence-electron chi connectivity index (χ4n) is 1.70. The molecule has 2 aromatic rings. The highest BCUT2D eigenvalue weighted by Gasteiger charge is 2.07. The van der Waals surface area contributed by atoms with Crippen LogP contribution in [0, 0.1) is 5.82 Å². The van der Waals surface area contributed by atoms with E-state index in [1.807, 2.05) is 6.07 Å². The van der Waals surface area contributed by atoms with Gasteiger partial charge in [0.05, 0.1) is 10.0 Å². The molecule has 104 valence electrons. The normalized spacial score (nSPS) is 10.3. The summed E-state index contributed by atoms with van der Waals surface area (Å²) in [4.78, 5) is 11.1. The van der Waals surface area contributed by atoms with Gasteiger partial charge in [-0.3, -0.25) is 4.79 Å². The van der Waals surface area contributed by atoms with Gasteiger partial charge in [0, 0.05) is 17.8 Å². The van der Waals surface area contributed by atoms with E-state index >= 15 is 0 Å². The van der Waals surface area contributed by atoms with Crippen LogP contribution < -0.4 is 11.1 Å². The summed E-state index contributed by atoms with van der Waals surface area (Å²) in [5, 5.41) is 2.95. The first-order valence-corrected chi connectivity index (χ1v) is 6.50. The number of rotatable bonds is 4. The maximum Gasteiger partial charge on any atom is 0.248 e. The number of primary amides is 1. The van der Waals surface area contributed by atoms with E-state index in [0.717, 1.165) is 5.56 Å². The lowest BCUT2D eigenvalue weighted by Gasteiger charge is -2.09.